The monoisotopic (exact) mass is 241 g/mol. The average Bonchev–Trinajstić information content (AvgIpc) is 2.26. The summed E-state index contributed by atoms with van der Waals surface area (Å²) >= 11 is 5.91. The standard InChI is InChI=1S/C11H16ClN3O/c1-7(6-16)15(2)10-5-8(12)3-4-9(10)11(13)14/h3-5,7,16H,6H2,1-2H3,(H3,13,14). The van der Waals surface area contributed by atoms with Crippen molar-refractivity contribution in [2.75, 3.05) is 18.6 Å². The number of nitrogens with one attached hydrogen (secondary N) is 1. The SMILES string of the molecule is CC(CO)N(C)c1cc(Cl)ccc1C(=N)N. The number of aliphatic hydroxyl groups excluding tert-OH is 1. The third-order valence-electron chi connectivity index (χ3n) is 2.56. The molecule has 0 bridgehead atoms. The summed E-state index contributed by atoms with van der Waals surface area (Å²) in [4.78, 5) is 1.85. The van der Waals surface area contributed by atoms with Crippen LogP contribution in [-0.4, -0.2) is 30.6 Å². The van der Waals surface area contributed by atoms with E-state index in [1.165, 1.54) is 0 Å². The molecule has 0 saturated carbocycles. The molecule has 1 aromatic carbocycles. The van der Waals surface area contributed by atoms with Crippen molar-refractivity contribution in [2.24, 2.45) is 5.73 Å². The van der Waals surface area contributed by atoms with E-state index in [2.05, 4.69) is 0 Å². The fourth-order valence-electron chi connectivity index (χ4n) is 1.38. The van der Waals surface area contributed by atoms with Crippen LogP contribution in [0, 0.1) is 5.41 Å². The van der Waals surface area contributed by atoms with E-state index in [1.807, 2.05) is 18.9 Å². The van der Waals surface area contributed by atoms with Gasteiger partial charge in [0.15, 0.2) is 0 Å². The van der Waals surface area contributed by atoms with Crippen molar-refractivity contribution in [1.29, 1.82) is 5.41 Å². The summed E-state index contributed by atoms with van der Waals surface area (Å²) in [6.07, 6.45) is 0. The average molecular weight is 242 g/mol. The summed E-state index contributed by atoms with van der Waals surface area (Å²) in [6.45, 7) is 1.91. The molecule has 0 spiro atoms. The normalized spacial score (nSPS) is 12.2. The van der Waals surface area contributed by atoms with Gasteiger partial charge in [0.05, 0.1) is 6.61 Å². The maximum absolute atomic E-state index is 9.11. The lowest BCUT2D eigenvalue weighted by Gasteiger charge is -2.27. The molecule has 1 unspecified atom stereocenters. The van der Waals surface area contributed by atoms with Crippen LogP contribution < -0.4 is 10.6 Å². The molecule has 0 aliphatic carbocycles. The van der Waals surface area contributed by atoms with Gasteiger partial charge in [-0.25, -0.2) is 0 Å². The third kappa shape index (κ3) is 2.65. The zero-order valence-electron chi connectivity index (χ0n) is 9.37. The third-order valence-corrected chi connectivity index (χ3v) is 2.79. The minimum absolute atomic E-state index is 0.0105. The molecule has 5 heteroatoms. The Morgan fingerprint density at radius 1 is 1.62 bits per heavy atom. The number of aliphatic hydroxyl groups is 1. The van der Waals surface area contributed by atoms with Crippen LogP contribution in [0.5, 0.6) is 0 Å². The van der Waals surface area contributed by atoms with Gasteiger partial charge in [0.2, 0.25) is 0 Å². The Morgan fingerprint density at radius 2 is 2.25 bits per heavy atom. The number of nitrogens with zero attached hydrogens (tertiary/aromatic N) is 1. The van der Waals surface area contributed by atoms with E-state index < -0.39 is 0 Å². The van der Waals surface area contributed by atoms with E-state index in [0.717, 1.165) is 5.69 Å². The zero-order valence-corrected chi connectivity index (χ0v) is 10.1. The van der Waals surface area contributed by atoms with E-state index in [0.29, 0.717) is 10.6 Å². The molecule has 16 heavy (non-hydrogen) atoms. The maximum atomic E-state index is 9.11. The summed E-state index contributed by atoms with van der Waals surface area (Å²) in [6, 6.07) is 5.08. The molecule has 1 atom stereocenters. The lowest BCUT2D eigenvalue weighted by Crippen LogP contribution is -2.33. The number of anilines is 1. The van der Waals surface area contributed by atoms with Gasteiger partial charge in [-0.3, -0.25) is 5.41 Å². The van der Waals surface area contributed by atoms with Gasteiger partial charge in [-0.05, 0) is 25.1 Å². The van der Waals surface area contributed by atoms with Gasteiger partial charge in [0.25, 0.3) is 0 Å². The van der Waals surface area contributed by atoms with Crippen molar-refractivity contribution >= 4 is 23.1 Å². The summed E-state index contributed by atoms with van der Waals surface area (Å²) in [5.41, 5.74) is 6.86. The lowest BCUT2D eigenvalue weighted by molar-refractivity contribution is 0.270. The van der Waals surface area contributed by atoms with Crippen LogP contribution in [0.25, 0.3) is 0 Å². The molecule has 0 fully saturated rings. The van der Waals surface area contributed by atoms with Crippen LogP contribution in [0.3, 0.4) is 0 Å². The van der Waals surface area contributed by atoms with Crippen molar-refractivity contribution in [2.45, 2.75) is 13.0 Å². The Hall–Kier alpha value is -1.26. The highest BCUT2D eigenvalue weighted by Gasteiger charge is 2.14. The Morgan fingerprint density at radius 3 is 2.75 bits per heavy atom. The fourth-order valence-corrected chi connectivity index (χ4v) is 1.55. The molecule has 0 amide bonds. The molecule has 0 aromatic heterocycles. The summed E-state index contributed by atoms with van der Waals surface area (Å²) in [5.74, 6) is -0.0105. The van der Waals surface area contributed by atoms with E-state index in [9.17, 15) is 0 Å². The van der Waals surface area contributed by atoms with Gasteiger partial charge in [-0.15, -0.1) is 0 Å². The Kier molecular flexibility index (Phi) is 4.15. The van der Waals surface area contributed by atoms with Gasteiger partial charge in [0.1, 0.15) is 5.84 Å². The van der Waals surface area contributed by atoms with Gasteiger partial charge in [-0.1, -0.05) is 11.6 Å². The van der Waals surface area contributed by atoms with Gasteiger partial charge in [0, 0.05) is 29.4 Å². The predicted molar refractivity (Wildman–Crippen MR) is 67.4 cm³/mol. The van der Waals surface area contributed by atoms with Crippen LogP contribution >= 0.6 is 11.6 Å². The number of benzene rings is 1. The molecule has 0 aliphatic rings. The van der Waals surface area contributed by atoms with Crippen molar-refractivity contribution < 1.29 is 5.11 Å². The van der Waals surface area contributed by atoms with Crippen LogP contribution in [0.1, 0.15) is 12.5 Å². The quantitative estimate of drug-likeness (QED) is 0.552. The first-order valence-corrected chi connectivity index (χ1v) is 5.32. The Bertz CT molecular complexity index is 395. The molecular formula is C11H16ClN3O. The molecule has 4 nitrogen and oxygen atoms in total. The largest absolute Gasteiger partial charge is 0.394 e. The molecule has 0 saturated heterocycles. The van der Waals surface area contributed by atoms with Crippen molar-refractivity contribution in [3.05, 3.63) is 28.8 Å². The van der Waals surface area contributed by atoms with Crippen LogP contribution in [0.2, 0.25) is 5.02 Å². The number of hydrogen-bond donors (Lipinski definition) is 3. The van der Waals surface area contributed by atoms with E-state index in [-0.39, 0.29) is 18.5 Å². The van der Waals surface area contributed by atoms with Crippen LogP contribution in [-0.2, 0) is 0 Å². The maximum Gasteiger partial charge on any atom is 0.124 e. The molecule has 4 N–H and O–H groups in total. The van der Waals surface area contributed by atoms with Gasteiger partial charge in [-0.2, -0.15) is 0 Å². The first kappa shape index (κ1) is 12.8. The molecule has 88 valence electrons. The van der Waals surface area contributed by atoms with Crippen molar-refractivity contribution in [1.82, 2.24) is 0 Å². The molecule has 0 radical (unpaired) electrons. The van der Waals surface area contributed by atoms with Crippen LogP contribution in [0.15, 0.2) is 18.2 Å². The second-order valence-corrected chi connectivity index (χ2v) is 4.15. The van der Waals surface area contributed by atoms with E-state index in [1.54, 1.807) is 18.2 Å². The van der Waals surface area contributed by atoms with E-state index >= 15 is 0 Å². The lowest BCUT2D eigenvalue weighted by atomic mass is 10.1. The first-order chi connectivity index (χ1) is 7.47. The molecule has 0 heterocycles. The smallest absolute Gasteiger partial charge is 0.124 e. The molecular weight excluding hydrogens is 226 g/mol. The molecule has 0 aliphatic heterocycles. The minimum atomic E-state index is -0.0587. The summed E-state index contributed by atoms with van der Waals surface area (Å²) in [5, 5.41) is 17.2. The number of halogens is 1. The molecule has 1 aromatic rings. The van der Waals surface area contributed by atoms with Gasteiger partial charge >= 0.3 is 0 Å². The Labute approximate surface area is 100 Å². The predicted octanol–water partition coefficient (Wildman–Crippen LogP) is 1.44. The second-order valence-electron chi connectivity index (χ2n) is 3.72. The number of hydrogen-bond acceptors (Lipinski definition) is 3. The summed E-state index contributed by atoms with van der Waals surface area (Å²) < 4.78 is 0. The number of likely N-dealkylation sites (N-methyl/N-ethyl adjacent to an activating group) is 1. The number of nitrogen functional groups attached to an aromatic ring is 1. The minimum Gasteiger partial charge on any atom is -0.394 e. The zero-order chi connectivity index (χ0) is 12.3. The van der Waals surface area contributed by atoms with Crippen molar-refractivity contribution in [3.8, 4) is 0 Å². The fraction of sp³-hybridized carbons (Fsp3) is 0.364. The summed E-state index contributed by atoms with van der Waals surface area (Å²) in [7, 11) is 1.83. The van der Waals surface area contributed by atoms with Crippen LogP contribution in [0.4, 0.5) is 5.69 Å². The highest BCUT2D eigenvalue weighted by atomic mass is 35.5. The topological polar surface area (TPSA) is 73.3 Å². The van der Waals surface area contributed by atoms with Gasteiger partial charge < -0.3 is 15.7 Å². The van der Waals surface area contributed by atoms with Crippen molar-refractivity contribution in [3.63, 3.8) is 0 Å². The second kappa shape index (κ2) is 5.18. The number of rotatable bonds is 4. The Balaban J connectivity index is 3.19. The number of nitrogens with two attached hydrogens (primary N) is 1. The first-order valence-electron chi connectivity index (χ1n) is 4.95. The highest BCUT2D eigenvalue weighted by molar-refractivity contribution is 6.31. The highest BCUT2D eigenvalue weighted by Crippen LogP contribution is 2.25. The molecule has 1 rings (SSSR count). The number of amidine groups is 1. The van der Waals surface area contributed by atoms with E-state index in [4.69, 9.17) is 27.9 Å².